The zero-order chi connectivity index (χ0) is 25.7. The zero-order valence-electron chi connectivity index (χ0n) is 20.3. The van der Waals surface area contributed by atoms with Crippen LogP contribution in [0.25, 0.3) is 55.8 Å². The van der Waals surface area contributed by atoms with Crippen LogP contribution < -0.4 is 5.32 Å². The van der Waals surface area contributed by atoms with Gasteiger partial charge in [-0.15, -0.1) is 0 Å². The number of aromatic nitrogens is 6. The molecule has 0 saturated heterocycles. The van der Waals surface area contributed by atoms with Crippen LogP contribution in [0, 0.1) is 11.2 Å². The number of fused-ring (bicyclic) bond motifs is 2. The average Bonchev–Trinajstić information content (AvgIpc) is 3.62. The third-order valence-electron chi connectivity index (χ3n) is 6.06. The normalized spacial score (nSPS) is 11.9. The van der Waals surface area contributed by atoms with Gasteiger partial charge in [0.05, 0.1) is 35.4 Å². The van der Waals surface area contributed by atoms with E-state index in [1.165, 1.54) is 12.3 Å². The number of imidazole rings is 1. The number of hydrogen-bond acceptors (Lipinski definition) is 6. The van der Waals surface area contributed by atoms with E-state index < -0.39 is 11.2 Å². The molecule has 5 aromatic heterocycles. The van der Waals surface area contributed by atoms with Gasteiger partial charge in [0.25, 0.3) is 0 Å². The maximum atomic E-state index is 15.2. The van der Waals surface area contributed by atoms with Crippen LogP contribution in [0.5, 0.6) is 0 Å². The molecule has 9 nitrogen and oxygen atoms in total. The first-order chi connectivity index (χ1) is 17.8. The van der Waals surface area contributed by atoms with Crippen LogP contribution in [0.4, 0.5) is 10.1 Å². The molecule has 1 amide bonds. The maximum Gasteiger partial charge on any atom is 0.229 e. The molecule has 6 aromatic rings. The van der Waals surface area contributed by atoms with Gasteiger partial charge in [0.15, 0.2) is 5.82 Å². The van der Waals surface area contributed by atoms with Gasteiger partial charge in [-0.25, -0.2) is 9.37 Å². The van der Waals surface area contributed by atoms with Crippen LogP contribution in [0.2, 0.25) is 0 Å². The number of halogens is 1. The van der Waals surface area contributed by atoms with Gasteiger partial charge in [-0.1, -0.05) is 20.8 Å². The number of nitrogens with zero attached hydrogens (tertiary/aromatic N) is 4. The Morgan fingerprint density at radius 1 is 1.05 bits per heavy atom. The fourth-order valence-electron chi connectivity index (χ4n) is 4.07. The highest BCUT2D eigenvalue weighted by atomic mass is 19.1. The molecule has 0 saturated carbocycles. The summed E-state index contributed by atoms with van der Waals surface area (Å²) in [7, 11) is 0. The average molecular weight is 496 g/mol. The number of carbonyl (C=O) groups is 1. The van der Waals surface area contributed by atoms with E-state index in [0.717, 1.165) is 11.1 Å². The van der Waals surface area contributed by atoms with Crippen molar-refractivity contribution in [2.45, 2.75) is 20.8 Å². The van der Waals surface area contributed by atoms with Gasteiger partial charge < -0.3 is 14.7 Å². The molecule has 0 fully saturated rings. The summed E-state index contributed by atoms with van der Waals surface area (Å²) in [6.45, 7) is 5.46. The van der Waals surface area contributed by atoms with E-state index in [1.807, 2.05) is 32.9 Å². The smallest absolute Gasteiger partial charge is 0.229 e. The minimum atomic E-state index is -0.578. The van der Waals surface area contributed by atoms with Gasteiger partial charge in [-0.3, -0.25) is 19.9 Å². The Kier molecular flexibility index (Phi) is 5.11. The number of aromatic amines is 2. The highest BCUT2D eigenvalue weighted by molar-refractivity contribution is 5.98. The Bertz CT molecular complexity index is 1780. The van der Waals surface area contributed by atoms with E-state index in [1.54, 1.807) is 37.1 Å². The molecule has 10 heteroatoms. The van der Waals surface area contributed by atoms with E-state index >= 15 is 4.39 Å². The first-order valence-electron chi connectivity index (χ1n) is 11.6. The van der Waals surface area contributed by atoms with Crippen LogP contribution in [0.1, 0.15) is 20.8 Å². The van der Waals surface area contributed by atoms with Crippen molar-refractivity contribution in [1.29, 1.82) is 0 Å². The topological polar surface area (TPSA) is 125 Å². The lowest BCUT2D eigenvalue weighted by Crippen LogP contribution is -2.27. The number of rotatable bonds is 4. The number of anilines is 1. The molecule has 0 unspecified atom stereocenters. The number of furan rings is 1. The Morgan fingerprint density at radius 2 is 1.92 bits per heavy atom. The molecular formula is C27H22FN7O2. The highest BCUT2D eigenvalue weighted by Crippen LogP contribution is 2.34. The molecule has 0 aliphatic rings. The molecule has 184 valence electrons. The van der Waals surface area contributed by atoms with Gasteiger partial charge in [-0.05, 0) is 24.3 Å². The number of pyridine rings is 2. The monoisotopic (exact) mass is 495 g/mol. The van der Waals surface area contributed by atoms with Crippen molar-refractivity contribution in [2.75, 3.05) is 5.32 Å². The predicted molar refractivity (Wildman–Crippen MR) is 138 cm³/mol. The van der Waals surface area contributed by atoms with Crippen LogP contribution in [-0.4, -0.2) is 36.0 Å². The summed E-state index contributed by atoms with van der Waals surface area (Å²) < 4.78 is 20.4. The van der Waals surface area contributed by atoms with E-state index in [-0.39, 0.29) is 5.91 Å². The minimum absolute atomic E-state index is 0.159. The van der Waals surface area contributed by atoms with Crippen molar-refractivity contribution in [2.24, 2.45) is 5.41 Å². The van der Waals surface area contributed by atoms with Crippen molar-refractivity contribution in [3.05, 3.63) is 67.3 Å². The Labute approximate surface area is 210 Å². The molecule has 3 N–H and O–H groups in total. The highest BCUT2D eigenvalue weighted by Gasteiger charge is 2.22. The molecule has 0 radical (unpaired) electrons. The lowest BCUT2D eigenvalue weighted by Gasteiger charge is -2.17. The van der Waals surface area contributed by atoms with E-state index in [9.17, 15) is 4.79 Å². The van der Waals surface area contributed by atoms with Crippen LogP contribution >= 0.6 is 0 Å². The molecule has 6 rings (SSSR count). The first kappa shape index (κ1) is 22.6. The molecule has 0 aliphatic heterocycles. The van der Waals surface area contributed by atoms with Crippen LogP contribution in [0.15, 0.2) is 65.9 Å². The number of carbonyl (C=O) groups excluding carboxylic acids is 1. The van der Waals surface area contributed by atoms with Crippen molar-refractivity contribution >= 4 is 33.5 Å². The summed E-state index contributed by atoms with van der Waals surface area (Å²) in [5, 5.41) is 10.8. The number of nitrogens with one attached hydrogen (secondary N) is 3. The summed E-state index contributed by atoms with van der Waals surface area (Å²) in [4.78, 5) is 29.1. The predicted octanol–water partition coefficient (Wildman–Crippen LogP) is 5.95. The van der Waals surface area contributed by atoms with Crippen LogP contribution in [-0.2, 0) is 4.79 Å². The van der Waals surface area contributed by atoms with Crippen molar-refractivity contribution in [3.63, 3.8) is 0 Å². The second-order valence-corrected chi connectivity index (χ2v) is 9.77. The van der Waals surface area contributed by atoms with Gasteiger partial charge in [-0.2, -0.15) is 5.10 Å². The quantitative estimate of drug-likeness (QED) is 0.278. The second kappa shape index (κ2) is 8.37. The first-order valence-corrected chi connectivity index (χ1v) is 11.6. The molecule has 0 bridgehead atoms. The summed E-state index contributed by atoms with van der Waals surface area (Å²) in [6, 6.07) is 8.45. The second-order valence-electron chi connectivity index (χ2n) is 9.77. The third kappa shape index (κ3) is 4.02. The van der Waals surface area contributed by atoms with E-state index in [2.05, 4.69) is 30.5 Å². The molecule has 1 aromatic carbocycles. The summed E-state index contributed by atoms with van der Waals surface area (Å²) in [6.07, 6.45) is 7.98. The summed E-state index contributed by atoms with van der Waals surface area (Å²) in [5.74, 6) is -0.0885. The Hall–Kier alpha value is -4.86. The number of H-pyrrole nitrogens is 2. The minimum Gasteiger partial charge on any atom is -0.472 e. The lowest BCUT2D eigenvalue weighted by molar-refractivity contribution is -0.123. The van der Waals surface area contributed by atoms with Gasteiger partial charge in [0, 0.05) is 46.0 Å². The molecular weight excluding hydrogens is 473 g/mol. The number of benzene rings is 1. The fourth-order valence-corrected chi connectivity index (χ4v) is 4.07. The Morgan fingerprint density at radius 3 is 2.70 bits per heavy atom. The molecule has 0 atom stereocenters. The van der Waals surface area contributed by atoms with Gasteiger partial charge >= 0.3 is 0 Å². The largest absolute Gasteiger partial charge is 0.472 e. The molecule has 37 heavy (non-hydrogen) atoms. The SMILES string of the molecule is CC(C)(C)C(=O)Nc1cncc(-c2cc3c(-c4nc5c(-c6ccoc6)nccc5[nH]4)n[nH]c3cc2F)c1. The molecule has 5 heterocycles. The molecule has 0 aliphatic carbocycles. The zero-order valence-corrected chi connectivity index (χ0v) is 20.3. The maximum absolute atomic E-state index is 15.2. The summed E-state index contributed by atoms with van der Waals surface area (Å²) >= 11 is 0. The van der Waals surface area contributed by atoms with E-state index in [0.29, 0.717) is 50.4 Å². The van der Waals surface area contributed by atoms with Crippen molar-refractivity contribution in [1.82, 2.24) is 30.1 Å². The van der Waals surface area contributed by atoms with E-state index in [4.69, 9.17) is 9.40 Å². The third-order valence-corrected chi connectivity index (χ3v) is 6.06. The lowest BCUT2D eigenvalue weighted by atomic mass is 9.95. The van der Waals surface area contributed by atoms with Crippen molar-refractivity contribution < 1.29 is 13.6 Å². The Balaban J connectivity index is 1.43. The standard InChI is InChI=1S/C27H22FN7O2/c1-27(2,3)26(36)31-16-8-15(11-29-12-16)17-9-18-21(10-19(17)28)34-35-23(18)25-32-20-4-6-30-22(24(20)33-25)14-5-7-37-13-14/h4-13H,1-3H3,(H,31,36)(H,32,33)(H,34,35). The van der Waals surface area contributed by atoms with Gasteiger partial charge in [0.1, 0.15) is 22.7 Å². The van der Waals surface area contributed by atoms with Crippen molar-refractivity contribution in [3.8, 4) is 33.9 Å². The summed E-state index contributed by atoms with van der Waals surface area (Å²) in [5.41, 5.74) is 4.76. The van der Waals surface area contributed by atoms with Gasteiger partial charge in [0.2, 0.25) is 5.91 Å². The fraction of sp³-hybridized carbons (Fsp3) is 0.148. The number of hydrogen-bond donors (Lipinski definition) is 3. The molecule has 0 spiro atoms. The van der Waals surface area contributed by atoms with Crippen LogP contribution in [0.3, 0.4) is 0 Å². The number of amides is 1.